The first-order valence-electron chi connectivity index (χ1n) is 6.42. The van der Waals surface area contributed by atoms with Crippen LogP contribution in [0.25, 0.3) is 10.9 Å². The van der Waals surface area contributed by atoms with Gasteiger partial charge in [-0.05, 0) is 38.3 Å². The van der Waals surface area contributed by atoms with E-state index < -0.39 is 5.78 Å². The van der Waals surface area contributed by atoms with E-state index >= 15 is 0 Å². The molecule has 1 aliphatic rings. The largest absolute Gasteiger partial charge is 0.506 e. The Morgan fingerprint density at radius 3 is 2.84 bits per heavy atom. The van der Waals surface area contributed by atoms with Crippen molar-refractivity contribution in [1.82, 2.24) is 4.57 Å². The third-order valence-corrected chi connectivity index (χ3v) is 3.91. The van der Waals surface area contributed by atoms with Crippen LogP contribution in [0.1, 0.15) is 42.2 Å². The van der Waals surface area contributed by atoms with Gasteiger partial charge in [-0.25, -0.2) is 0 Å². The summed E-state index contributed by atoms with van der Waals surface area (Å²) in [5.74, 6) is -0.573. The molecule has 4 nitrogen and oxygen atoms in total. The maximum absolute atomic E-state index is 12.5. The SMILES string of the molecule is CC(=O)c1c(O)c2cccc3c2n(c1=O)C(C)CC3. The summed E-state index contributed by atoms with van der Waals surface area (Å²) in [6.45, 7) is 3.28. The second kappa shape index (κ2) is 3.95. The average molecular weight is 257 g/mol. The number of carbonyl (C=O) groups excluding carboxylic acids is 1. The Bertz CT molecular complexity index is 758. The van der Waals surface area contributed by atoms with Crippen LogP contribution in [-0.2, 0) is 6.42 Å². The zero-order valence-corrected chi connectivity index (χ0v) is 10.9. The number of aromatic hydroxyl groups is 1. The van der Waals surface area contributed by atoms with Crippen LogP contribution in [-0.4, -0.2) is 15.5 Å². The van der Waals surface area contributed by atoms with E-state index in [1.807, 2.05) is 19.1 Å². The highest BCUT2D eigenvalue weighted by Crippen LogP contribution is 2.34. The minimum atomic E-state index is -0.392. The number of rotatable bonds is 1. The van der Waals surface area contributed by atoms with E-state index in [-0.39, 0.29) is 22.9 Å². The van der Waals surface area contributed by atoms with Crippen molar-refractivity contribution in [2.24, 2.45) is 0 Å². The number of pyridine rings is 1. The van der Waals surface area contributed by atoms with Crippen molar-refractivity contribution < 1.29 is 9.90 Å². The molecular weight excluding hydrogens is 242 g/mol. The molecular formula is C15H15NO3. The molecule has 1 atom stereocenters. The van der Waals surface area contributed by atoms with Crippen molar-refractivity contribution in [2.75, 3.05) is 0 Å². The van der Waals surface area contributed by atoms with E-state index in [0.29, 0.717) is 5.39 Å². The number of hydrogen-bond acceptors (Lipinski definition) is 3. The number of aryl methyl sites for hydroxylation is 1. The van der Waals surface area contributed by atoms with Gasteiger partial charge in [-0.15, -0.1) is 0 Å². The highest BCUT2D eigenvalue weighted by Gasteiger charge is 2.25. The van der Waals surface area contributed by atoms with Crippen molar-refractivity contribution in [1.29, 1.82) is 0 Å². The lowest BCUT2D eigenvalue weighted by molar-refractivity contribution is 0.101. The number of ketones is 1. The van der Waals surface area contributed by atoms with Gasteiger partial charge in [0.2, 0.25) is 0 Å². The summed E-state index contributed by atoms with van der Waals surface area (Å²) in [5, 5.41) is 10.8. The van der Waals surface area contributed by atoms with Crippen molar-refractivity contribution in [3.8, 4) is 5.75 Å². The number of para-hydroxylation sites is 1. The lowest BCUT2D eigenvalue weighted by Gasteiger charge is -2.26. The summed E-state index contributed by atoms with van der Waals surface area (Å²) in [5.41, 5.74) is 1.35. The van der Waals surface area contributed by atoms with Gasteiger partial charge in [-0.3, -0.25) is 9.59 Å². The predicted octanol–water partition coefficient (Wildman–Crippen LogP) is 2.42. The molecule has 19 heavy (non-hydrogen) atoms. The fraction of sp³-hybridized carbons (Fsp3) is 0.333. The van der Waals surface area contributed by atoms with Crippen LogP contribution in [0.4, 0.5) is 0 Å². The third kappa shape index (κ3) is 1.52. The summed E-state index contributed by atoms with van der Waals surface area (Å²) >= 11 is 0. The molecule has 0 spiro atoms. The predicted molar refractivity (Wildman–Crippen MR) is 72.9 cm³/mol. The number of Topliss-reactive ketones (excluding diaryl/α,β-unsaturated/α-hetero) is 1. The van der Waals surface area contributed by atoms with E-state index in [0.717, 1.165) is 23.9 Å². The second-order valence-corrected chi connectivity index (χ2v) is 5.16. The van der Waals surface area contributed by atoms with E-state index in [4.69, 9.17) is 0 Å². The van der Waals surface area contributed by atoms with Gasteiger partial charge in [0, 0.05) is 11.4 Å². The molecule has 1 aromatic carbocycles. The van der Waals surface area contributed by atoms with Crippen LogP contribution in [0.5, 0.6) is 5.75 Å². The minimum Gasteiger partial charge on any atom is -0.506 e. The molecule has 1 aliphatic heterocycles. The molecule has 0 aliphatic carbocycles. The lowest BCUT2D eigenvalue weighted by atomic mass is 9.95. The Morgan fingerprint density at radius 2 is 2.16 bits per heavy atom. The summed E-state index contributed by atoms with van der Waals surface area (Å²) in [4.78, 5) is 24.1. The number of nitrogens with zero attached hydrogens (tertiary/aromatic N) is 1. The number of hydrogen-bond donors (Lipinski definition) is 1. The molecule has 2 heterocycles. The van der Waals surface area contributed by atoms with Crippen LogP contribution >= 0.6 is 0 Å². The molecule has 0 saturated heterocycles. The molecule has 4 heteroatoms. The van der Waals surface area contributed by atoms with Crippen molar-refractivity contribution >= 4 is 16.7 Å². The molecule has 1 unspecified atom stereocenters. The van der Waals surface area contributed by atoms with Gasteiger partial charge in [0.25, 0.3) is 5.56 Å². The Hall–Kier alpha value is -2.10. The molecule has 0 radical (unpaired) electrons. The smallest absolute Gasteiger partial charge is 0.265 e. The number of benzene rings is 1. The Balaban J connectivity index is 2.59. The first-order chi connectivity index (χ1) is 9.02. The minimum absolute atomic E-state index is 0.0450. The number of carbonyl (C=O) groups is 1. The van der Waals surface area contributed by atoms with Crippen LogP contribution < -0.4 is 5.56 Å². The fourth-order valence-electron chi connectivity index (χ4n) is 2.96. The standard InChI is InChI=1S/C15H15NO3/c1-8-6-7-10-4-3-5-11-13(10)16(8)15(19)12(9(2)17)14(11)18/h3-5,8,18H,6-7H2,1-2H3. The third-order valence-electron chi connectivity index (χ3n) is 3.91. The van der Waals surface area contributed by atoms with Gasteiger partial charge in [0.1, 0.15) is 11.3 Å². The second-order valence-electron chi connectivity index (χ2n) is 5.16. The maximum Gasteiger partial charge on any atom is 0.265 e. The lowest BCUT2D eigenvalue weighted by Crippen LogP contribution is -2.31. The van der Waals surface area contributed by atoms with Crippen molar-refractivity contribution in [2.45, 2.75) is 32.7 Å². The quantitative estimate of drug-likeness (QED) is 0.798. The van der Waals surface area contributed by atoms with Crippen molar-refractivity contribution in [3.05, 3.63) is 39.7 Å². The number of aromatic nitrogens is 1. The maximum atomic E-state index is 12.5. The first kappa shape index (κ1) is 12.0. The summed E-state index contributed by atoms with van der Waals surface area (Å²) in [6, 6.07) is 5.63. The average Bonchev–Trinajstić information content (AvgIpc) is 2.36. The fourth-order valence-corrected chi connectivity index (χ4v) is 2.96. The molecule has 0 saturated carbocycles. The Morgan fingerprint density at radius 1 is 1.42 bits per heavy atom. The van der Waals surface area contributed by atoms with Gasteiger partial charge in [0.05, 0.1) is 5.52 Å². The summed E-state index contributed by atoms with van der Waals surface area (Å²) < 4.78 is 1.66. The molecule has 0 bridgehead atoms. The van der Waals surface area contributed by atoms with Crippen LogP contribution in [0.15, 0.2) is 23.0 Å². The zero-order chi connectivity index (χ0) is 13.7. The Kier molecular flexibility index (Phi) is 2.49. The summed E-state index contributed by atoms with van der Waals surface area (Å²) in [7, 11) is 0. The molecule has 3 rings (SSSR count). The highest BCUT2D eigenvalue weighted by atomic mass is 16.3. The van der Waals surface area contributed by atoms with Gasteiger partial charge in [-0.2, -0.15) is 0 Å². The topological polar surface area (TPSA) is 59.3 Å². The van der Waals surface area contributed by atoms with Crippen LogP contribution in [0, 0.1) is 0 Å². The monoisotopic (exact) mass is 257 g/mol. The van der Waals surface area contributed by atoms with E-state index in [2.05, 4.69) is 0 Å². The molecule has 98 valence electrons. The zero-order valence-electron chi connectivity index (χ0n) is 10.9. The van der Waals surface area contributed by atoms with Gasteiger partial charge < -0.3 is 9.67 Å². The highest BCUT2D eigenvalue weighted by molar-refractivity contribution is 6.02. The first-order valence-corrected chi connectivity index (χ1v) is 6.42. The molecule has 2 aromatic rings. The van der Waals surface area contributed by atoms with Gasteiger partial charge >= 0.3 is 0 Å². The molecule has 1 aromatic heterocycles. The molecule has 0 fully saturated rings. The van der Waals surface area contributed by atoms with E-state index in [1.54, 1.807) is 10.6 Å². The Labute approximate surface area is 110 Å². The normalized spacial score (nSPS) is 17.7. The summed E-state index contributed by atoms with van der Waals surface area (Å²) in [6.07, 6.45) is 1.75. The van der Waals surface area contributed by atoms with Crippen molar-refractivity contribution in [3.63, 3.8) is 0 Å². The van der Waals surface area contributed by atoms with Crippen LogP contribution in [0.2, 0.25) is 0 Å². The molecule has 0 amide bonds. The van der Waals surface area contributed by atoms with Gasteiger partial charge in [0.15, 0.2) is 5.78 Å². The van der Waals surface area contributed by atoms with E-state index in [1.165, 1.54) is 6.92 Å². The molecule has 1 N–H and O–H groups in total. The van der Waals surface area contributed by atoms with Gasteiger partial charge in [-0.1, -0.05) is 12.1 Å². The van der Waals surface area contributed by atoms with Crippen LogP contribution in [0.3, 0.4) is 0 Å². The van der Waals surface area contributed by atoms with E-state index in [9.17, 15) is 14.7 Å².